The summed E-state index contributed by atoms with van der Waals surface area (Å²) in [6.07, 6.45) is 4.85. The summed E-state index contributed by atoms with van der Waals surface area (Å²) >= 11 is 0. The summed E-state index contributed by atoms with van der Waals surface area (Å²) < 4.78 is 11.0. The molecule has 3 atom stereocenters. The normalized spacial score (nSPS) is 28.0. The first-order chi connectivity index (χ1) is 11.2. The number of nitrogens with zero attached hydrogens (tertiary/aromatic N) is 1. The summed E-state index contributed by atoms with van der Waals surface area (Å²) in [4.78, 5) is 14.9. The van der Waals surface area contributed by atoms with Crippen LogP contribution < -0.4 is 10.1 Å². The molecule has 126 valence electrons. The van der Waals surface area contributed by atoms with Gasteiger partial charge in [-0.1, -0.05) is 0 Å². The number of benzene rings is 1. The van der Waals surface area contributed by atoms with Crippen LogP contribution in [0, 0.1) is 0 Å². The van der Waals surface area contributed by atoms with E-state index in [1.165, 1.54) is 0 Å². The molecule has 5 nitrogen and oxygen atoms in total. The maximum Gasteiger partial charge on any atom is 0.241 e. The van der Waals surface area contributed by atoms with E-state index in [0.29, 0.717) is 6.10 Å². The quantitative estimate of drug-likeness (QED) is 0.907. The van der Waals surface area contributed by atoms with E-state index in [1.54, 1.807) is 7.11 Å². The van der Waals surface area contributed by atoms with Gasteiger partial charge in [-0.25, -0.2) is 0 Å². The van der Waals surface area contributed by atoms with E-state index in [9.17, 15) is 4.79 Å². The van der Waals surface area contributed by atoms with Gasteiger partial charge in [0.25, 0.3) is 0 Å². The van der Waals surface area contributed by atoms with Crippen molar-refractivity contribution < 1.29 is 14.3 Å². The molecule has 0 saturated carbocycles. The summed E-state index contributed by atoms with van der Waals surface area (Å²) in [5.74, 6) is 0.872. The third-order valence-corrected chi connectivity index (χ3v) is 4.78. The first-order valence-corrected chi connectivity index (χ1v) is 8.50. The van der Waals surface area contributed by atoms with Gasteiger partial charge in [0.1, 0.15) is 5.75 Å². The molecule has 3 rings (SSSR count). The molecular formula is C18H26N2O3. The number of nitrogens with one attached hydrogen (secondary N) is 1. The molecule has 1 amide bonds. The van der Waals surface area contributed by atoms with E-state index in [1.807, 2.05) is 24.3 Å². The van der Waals surface area contributed by atoms with Crippen LogP contribution in [-0.4, -0.2) is 49.3 Å². The van der Waals surface area contributed by atoms with Gasteiger partial charge in [-0.15, -0.1) is 0 Å². The summed E-state index contributed by atoms with van der Waals surface area (Å²) in [5, 5.41) is 3.02. The van der Waals surface area contributed by atoms with E-state index in [4.69, 9.17) is 9.47 Å². The maximum absolute atomic E-state index is 12.6. The Morgan fingerprint density at radius 2 is 2.09 bits per heavy atom. The van der Waals surface area contributed by atoms with Crippen LogP contribution >= 0.6 is 0 Å². The largest absolute Gasteiger partial charge is 0.497 e. The van der Waals surface area contributed by atoms with Crippen molar-refractivity contribution in [1.29, 1.82) is 0 Å². The van der Waals surface area contributed by atoms with Crippen LogP contribution in [0.5, 0.6) is 5.75 Å². The van der Waals surface area contributed by atoms with Crippen molar-refractivity contribution >= 4 is 11.6 Å². The van der Waals surface area contributed by atoms with Crippen LogP contribution in [0.25, 0.3) is 0 Å². The average Bonchev–Trinajstić information content (AvgIpc) is 3.17. The van der Waals surface area contributed by atoms with Crippen molar-refractivity contribution in [3.05, 3.63) is 24.3 Å². The fourth-order valence-electron chi connectivity index (χ4n) is 3.52. The second-order valence-corrected chi connectivity index (χ2v) is 6.52. The number of methoxy groups -OCH3 is 1. The number of anilines is 1. The summed E-state index contributed by atoms with van der Waals surface area (Å²) in [6, 6.07) is 7.41. The number of hydrogen-bond donors (Lipinski definition) is 1. The van der Waals surface area contributed by atoms with Crippen LogP contribution in [0.2, 0.25) is 0 Å². The molecule has 0 radical (unpaired) electrons. The third kappa shape index (κ3) is 4.03. The minimum Gasteiger partial charge on any atom is -0.497 e. The highest BCUT2D eigenvalue weighted by Crippen LogP contribution is 2.25. The highest BCUT2D eigenvalue weighted by Gasteiger charge is 2.34. The van der Waals surface area contributed by atoms with Crippen LogP contribution in [0.3, 0.4) is 0 Å². The molecule has 0 spiro atoms. The Kier molecular flexibility index (Phi) is 5.18. The number of ether oxygens (including phenoxy) is 2. The minimum absolute atomic E-state index is 0.0448. The van der Waals surface area contributed by atoms with Gasteiger partial charge in [0.15, 0.2) is 0 Å². The van der Waals surface area contributed by atoms with Gasteiger partial charge in [0.2, 0.25) is 5.91 Å². The summed E-state index contributed by atoms with van der Waals surface area (Å²) in [7, 11) is 1.63. The van der Waals surface area contributed by atoms with E-state index in [-0.39, 0.29) is 18.1 Å². The van der Waals surface area contributed by atoms with Crippen LogP contribution in [0.4, 0.5) is 5.69 Å². The fraction of sp³-hybridized carbons (Fsp3) is 0.611. The Morgan fingerprint density at radius 1 is 1.30 bits per heavy atom. The maximum atomic E-state index is 12.6. The zero-order chi connectivity index (χ0) is 16.2. The minimum atomic E-state index is -0.0448. The van der Waals surface area contributed by atoms with Crippen LogP contribution in [-0.2, 0) is 9.53 Å². The highest BCUT2D eigenvalue weighted by molar-refractivity contribution is 5.95. The SMILES string of the molecule is COc1ccc(NC(=O)[C@@H]2CCCN2C[C@H]2CC[C@H](C)O2)cc1. The van der Waals surface area contributed by atoms with Crippen LogP contribution in [0.15, 0.2) is 24.3 Å². The van der Waals surface area contributed by atoms with Crippen molar-refractivity contribution in [3.63, 3.8) is 0 Å². The molecule has 2 aliphatic rings. The molecule has 2 fully saturated rings. The van der Waals surface area contributed by atoms with Gasteiger partial charge in [0.05, 0.1) is 25.4 Å². The number of hydrogen-bond acceptors (Lipinski definition) is 4. The predicted octanol–water partition coefficient (Wildman–Crippen LogP) is 2.67. The van der Waals surface area contributed by atoms with Crippen molar-refractivity contribution in [1.82, 2.24) is 4.90 Å². The molecule has 0 aliphatic carbocycles. The lowest BCUT2D eigenvalue weighted by atomic mass is 10.1. The fourth-order valence-corrected chi connectivity index (χ4v) is 3.52. The van der Waals surface area contributed by atoms with Gasteiger partial charge in [-0.3, -0.25) is 9.69 Å². The van der Waals surface area contributed by atoms with Crippen molar-refractivity contribution in [2.75, 3.05) is 25.5 Å². The molecule has 0 aromatic heterocycles. The monoisotopic (exact) mass is 318 g/mol. The molecule has 0 unspecified atom stereocenters. The van der Waals surface area contributed by atoms with E-state index < -0.39 is 0 Å². The van der Waals surface area contributed by atoms with Gasteiger partial charge in [-0.05, 0) is 63.4 Å². The Labute approximate surface area is 137 Å². The van der Waals surface area contributed by atoms with E-state index in [2.05, 4.69) is 17.1 Å². The molecular weight excluding hydrogens is 292 g/mol. The highest BCUT2D eigenvalue weighted by atomic mass is 16.5. The zero-order valence-corrected chi connectivity index (χ0v) is 14.0. The lowest BCUT2D eigenvalue weighted by Gasteiger charge is -2.26. The predicted molar refractivity (Wildman–Crippen MR) is 89.8 cm³/mol. The summed E-state index contributed by atoms with van der Waals surface area (Å²) in [6.45, 7) is 3.97. The lowest BCUT2D eigenvalue weighted by molar-refractivity contribution is -0.120. The second-order valence-electron chi connectivity index (χ2n) is 6.52. The third-order valence-electron chi connectivity index (χ3n) is 4.78. The molecule has 0 bridgehead atoms. The smallest absolute Gasteiger partial charge is 0.241 e. The standard InChI is InChI=1S/C18H26N2O3/c1-13-5-8-16(23-13)12-20-11-3-4-17(20)18(21)19-14-6-9-15(22-2)10-7-14/h6-7,9-10,13,16-17H,3-5,8,11-12H2,1-2H3,(H,19,21)/t13-,16+,17-/m0/s1. The Morgan fingerprint density at radius 3 is 2.74 bits per heavy atom. The zero-order valence-electron chi connectivity index (χ0n) is 14.0. The Hall–Kier alpha value is -1.59. The second kappa shape index (κ2) is 7.32. The Balaban J connectivity index is 1.56. The van der Waals surface area contributed by atoms with E-state index in [0.717, 1.165) is 50.2 Å². The molecule has 2 saturated heterocycles. The average molecular weight is 318 g/mol. The molecule has 2 heterocycles. The number of rotatable bonds is 5. The first kappa shape index (κ1) is 16.3. The van der Waals surface area contributed by atoms with Crippen molar-refractivity contribution in [3.8, 4) is 5.75 Å². The van der Waals surface area contributed by atoms with Gasteiger partial charge >= 0.3 is 0 Å². The number of amides is 1. The molecule has 23 heavy (non-hydrogen) atoms. The van der Waals surface area contributed by atoms with Crippen LogP contribution in [0.1, 0.15) is 32.6 Å². The molecule has 1 aromatic rings. The number of carbonyl (C=O) groups is 1. The van der Waals surface area contributed by atoms with E-state index >= 15 is 0 Å². The first-order valence-electron chi connectivity index (χ1n) is 8.50. The van der Waals surface area contributed by atoms with Crippen molar-refractivity contribution in [2.45, 2.75) is 50.9 Å². The van der Waals surface area contributed by atoms with Crippen molar-refractivity contribution in [2.24, 2.45) is 0 Å². The van der Waals surface area contributed by atoms with Gasteiger partial charge in [-0.2, -0.15) is 0 Å². The van der Waals surface area contributed by atoms with Gasteiger partial charge < -0.3 is 14.8 Å². The summed E-state index contributed by atoms with van der Waals surface area (Å²) in [5.41, 5.74) is 0.813. The molecule has 1 aromatic carbocycles. The molecule has 2 aliphatic heterocycles. The Bertz CT molecular complexity index is 532. The number of likely N-dealkylation sites (tertiary alicyclic amines) is 1. The van der Waals surface area contributed by atoms with Gasteiger partial charge in [0, 0.05) is 12.2 Å². The topological polar surface area (TPSA) is 50.8 Å². The molecule has 1 N–H and O–H groups in total. The molecule has 5 heteroatoms. The lowest BCUT2D eigenvalue weighted by Crippen LogP contribution is -2.43. The number of carbonyl (C=O) groups excluding carboxylic acids is 1.